The lowest BCUT2D eigenvalue weighted by atomic mass is 10.3. The molecule has 1 fully saturated rings. The quantitative estimate of drug-likeness (QED) is 0.852. The fourth-order valence-corrected chi connectivity index (χ4v) is 2.93. The smallest absolute Gasteiger partial charge is 0.219 e. The van der Waals surface area contributed by atoms with Crippen molar-refractivity contribution < 1.29 is 4.79 Å². The van der Waals surface area contributed by atoms with E-state index in [9.17, 15) is 4.79 Å². The Bertz CT molecular complexity index is 654. The molecule has 112 valence electrons. The van der Waals surface area contributed by atoms with Crippen molar-refractivity contribution in [1.82, 2.24) is 19.2 Å². The topological polar surface area (TPSA) is 40.9 Å². The largest absolute Gasteiger partial charge is 0.342 e. The first-order valence-electron chi connectivity index (χ1n) is 7.23. The third kappa shape index (κ3) is 3.36. The third-order valence-corrected chi connectivity index (χ3v) is 4.11. The summed E-state index contributed by atoms with van der Waals surface area (Å²) in [5, 5.41) is 0.707. The zero-order valence-corrected chi connectivity index (χ0v) is 12.9. The van der Waals surface area contributed by atoms with Crippen molar-refractivity contribution >= 4 is 23.2 Å². The Kier molecular flexibility index (Phi) is 4.12. The van der Waals surface area contributed by atoms with E-state index in [0.29, 0.717) is 5.02 Å². The first kappa shape index (κ1) is 14.4. The first-order valence-corrected chi connectivity index (χ1v) is 7.60. The second kappa shape index (κ2) is 6.03. The molecule has 3 rings (SSSR count). The minimum atomic E-state index is 0.166. The van der Waals surface area contributed by atoms with Gasteiger partial charge >= 0.3 is 0 Å². The summed E-state index contributed by atoms with van der Waals surface area (Å²) in [6.45, 7) is 6.00. The normalized spacial score (nSPS) is 17.1. The average Bonchev–Trinajstić information content (AvgIpc) is 2.66. The molecular formula is C15H19ClN4O. The number of aromatic nitrogens is 2. The van der Waals surface area contributed by atoms with Crippen molar-refractivity contribution in [2.24, 2.45) is 0 Å². The van der Waals surface area contributed by atoms with E-state index in [-0.39, 0.29) is 5.91 Å². The molecule has 6 heteroatoms. The summed E-state index contributed by atoms with van der Waals surface area (Å²) in [5.41, 5.74) is 1.95. The molecule has 5 nitrogen and oxygen atoms in total. The molecule has 0 unspecified atom stereocenters. The van der Waals surface area contributed by atoms with E-state index in [1.165, 1.54) is 0 Å². The van der Waals surface area contributed by atoms with Crippen molar-refractivity contribution in [3.8, 4) is 0 Å². The lowest BCUT2D eigenvalue weighted by Crippen LogP contribution is -2.33. The number of amides is 1. The fraction of sp³-hybridized carbons (Fsp3) is 0.467. The molecule has 0 atom stereocenters. The Labute approximate surface area is 129 Å². The molecule has 1 saturated heterocycles. The van der Waals surface area contributed by atoms with Crippen molar-refractivity contribution in [2.75, 3.05) is 26.2 Å². The molecule has 0 saturated carbocycles. The molecule has 3 heterocycles. The van der Waals surface area contributed by atoms with Crippen molar-refractivity contribution in [3.05, 3.63) is 35.2 Å². The molecule has 0 aliphatic carbocycles. The number of hydrogen-bond donors (Lipinski definition) is 0. The van der Waals surface area contributed by atoms with E-state index in [1.807, 2.05) is 33.8 Å². The van der Waals surface area contributed by atoms with Gasteiger partial charge in [-0.15, -0.1) is 0 Å². The van der Waals surface area contributed by atoms with E-state index in [0.717, 1.165) is 50.5 Å². The van der Waals surface area contributed by atoms with Crippen molar-refractivity contribution in [2.45, 2.75) is 19.9 Å². The Morgan fingerprint density at radius 2 is 2.10 bits per heavy atom. The van der Waals surface area contributed by atoms with Crippen LogP contribution in [0.5, 0.6) is 0 Å². The summed E-state index contributed by atoms with van der Waals surface area (Å²) >= 11 is 5.99. The van der Waals surface area contributed by atoms with Crippen LogP contribution in [-0.4, -0.2) is 51.3 Å². The van der Waals surface area contributed by atoms with Gasteiger partial charge in [-0.3, -0.25) is 9.69 Å². The monoisotopic (exact) mass is 306 g/mol. The number of nitrogens with zero attached hydrogens (tertiary/aromatic N) is 4. The van der Waals surface area contributed by atoms with Gasteiger partial charge in [0, 0.05) is 52.0 Å². The highest BCUT2D eigenvalue weighted by atomic mass is 35.5. The lowest BCUT2D eigenvalue weighted by molar-refractivity contribution is -0.128. The second-order valence-electron chi connectivity index (χ2n) is 5.48. The van der Waals surface area contributed by atoms with Gasteiger partial charge in [-0.05, 0) is 18.6 Å². The molecule has 2 aromatic rings. The third-order valence-electron chi connectivity index (χ3n) is 3.88. The van der Waals surface area contributed by atoms with Crippen LogP contribution in [-0.2, 0) is 11.3 Å². The van der Waals surface area contributed by atoms with Gasteiger partial charge in [0.25, 0.3) is 0 Å². The molecule has 1 aliphatic heterocycles. The summed E-state index contributed by atoms with van der Waals surface area (Å²) < 4.78 is 1.96. The summed E-state index contributed by atoms with van der Waals surface area (Å²) in [5.74, 6) is 0.166. The Hall–Kier alpha value is -1.59. The predicted molar refractivity (Wildman–Crippen MR) is 82.4 cm³/mol. The van der Waals surface area contributed by atoms with Crippen LogP contribution in [0.15, 0.2) is 24.5 Å². The molecule has 1 amide bonds. The van der Waals surface area contributed by atoms with Gasteiger partial charge < -0.3 is 9.30 Å². The molecule has 1 aliphatic rings. The highest BCUT2D eigenvalue weighted by Crippen LogP contribution is 2.14. The van der Waals surface area contributed by atoms with Crippen molar-refractivity contribution in [1.29, 1.82) is 0 Å². The van der Waals surface area contributed by atoms with Crippen LogP contribution >= 0.6 is 11.6 Å². The van der Waals surface area contributed by atoms with Gasteiger partial charge in [-0.1, -0.05) is 11.6 Å². The fourth-order valence-electron chi connectivity index (χ4n) is 2.77. The van der Waals surface area contributed by atoms with E-state index in [4.69, 9.17) is 11.6 Å². The zero-order valence-electron chi connectivity index (χ0n) is 12.1. The van der Waals surface area contributed by atoms with E-state index < -0.39 is 0 Å². The maximum absolute atomic E-state index is 11.4. The summed E-state index contributed by atoms with van der Waals surface area (Å²) in [4.78, 5) is 20.3. The van der Waals surface area contributed by atoms with E-state index >= 15 is 0 Å². The number of carbonyl (C=O) groups excluding carboxylic acids is 1. The van der Waals surface area contributed by atoms with Crippen LogP contribution < -0.4 is 0 Å². The second-order valence-corrected chi connectivity index (χ2v) is 5.92. The number of carbonyl (C=O) groups is 1. The van der Waals surface area contributed by atoms with Crippen LogP contribution in [0.4, 0.5) is 0 Å². The molecule has 2 aromatic heterocycles. The maximum Gasteiger partial charge on any atom is 0.219 e. The number of halogens is 1. The number of hydrogen-bond acceptors (Lipinski definition) is 3. The number of rotatable bonds is 2. The minimum Gasteiger partial charge on any atom is -0.342 e. The van der Waals surface area contributed by atoms with Gasteiger partial charge in [0.2, 0.25) is 5.91 Å². The predicted octanol–water partition coefficient (Wildman–Crippen LogP) is 2.04. The minimum absolute atomic E-state index is 0.166. The Morgan fingerprint density at radius 3 is 2.90 bits per heavy atom. The van der Waals surface area contributed by atoms with Crippen LogP contribution in [0, 0.1) is 0 Å². The number of fused-ring (bicyclic) bond motifs is 1. The van der Waals surface area contributed by atoms with Crippen LogP contribution in [0.1, 0.15) is 19.0 Å². The van der Waals surface area contributed by atoms with Gasteiger partial charge in [-0.25, -0.2) is 4.98 Å². The van der Waals surface area contributed by atoms with Crippen molar-refractivity contribution in [3.63, 3.8) is 0 Å². The van der Waals surface area contributed by atoms with Crippen LogP contribution in [0.2, 0.25) is 5.02 Å². The number of imidazole rings is 1. The van der Waals surface area contributed by atoms with Crippen LogP contribution in [0.25, 0.3) is 5.65 Å². The average molecular weight is 307 g/mol. The maximum atomic E-state index is 11.4. The molecule has 0 radical (unpaired) electrons. The highest BCUT2D eigenvalue weighted by molar-refractivity contribution is 6.30. The van der Waals surface area contributed by atoms with Gasteiger partial charge in [-0.2, -0.15) is 0 Å². The zero-order chi connectivity index (χ0) is 14.8. The van der Waals surface area contributed by atoms with Crippen LogP contribution in [0.3, 0.4) is 0 Å². The first-order chi connectivity index (χ1) is 10.1. The Morgan fingerprint density at radius 1 is 1.24 bits per heavy atom. The SMILES string of the molecule is CC(=O)N1CCCN(Cc2cn3cc(Cl)ccc3n2)CC1. The van der Waals surface area contributed by atoms with Gasteiger partial charge in [0.15, 0.2) is 0 Å². The molecule has 0 N–H and O–H groups in total. The summed E-state index contributed by atoms with van der Waals surface area (Å²) in [6, 6.07) is 3.77. The van der Waals surface area contributed by atoms with E-state index in [1.54, 1.807) is 6.92 Å². The summed E-state index contributed by atoms with van der Waals surface area (Å²) in [6.07, 6.45) is 4.90. The Balaban J connectivity index is 1.68. The van der Waals surface area contributed by atoms with Gasteiger partial charge in [0.05, 0.1) is 10.7 Å². The standard InChI is InChI=1S/C15H19ClN4O/c1-12(21)19-6-2-5-18(7-8-19)10-14-11-20-9-13(16)3-4-15(20)17-14/h3-4,9,11H,2,5-8,10H2,1H3. The lowest BCUT2D eigenvalue weighted by Gasteiger charge is -2.20. The van der Waals surface area contributed by atoms with E-state index in [2.05, 4.69) is 9.88 Å². The molecule has 0 aromatic carbocycles. The molecule has 21 heavy (non-hydrogen) atoms. The van der Waals surface area contributed by atoms with Gasteiger partial charge in [0.1, 0.15) is 5.65 Å². The summed E-state index contributed by atoms with van der Waals surface area (Å²) in [7, 11) is 0. The molecule has 0 spiro atoms. The molecule has 0 bridgehead atoms. The molecular weight excluding hydrogens is 288 g/mol. The highest BCUT2D eigenvalue weighted by Gasteiger charge is 2.17. The number of pyridine rings is 1.